The molecule has 0 aromatic rings. The molecule has 17 heavy (non-hydrogen) atoms. The second-order valence-corrected chi connectivity index (χ2v) is 6.61. The monoisotopic (exact) mass is 260 g/mol. The van der Waals surface area contributed by atoms with Crippen molar-refractivity contribution in [3.63, 3.8) is 0 Å². The maximum atomic E-state index is 12.0. The summed E-state index contributed by atoms with van der Waals surface area (Å²) in [4.78, 5) is 11.5. The number of carbonyl (C=O) groups excluding carboxylic acids is 1. The molecule has 0 spiro atoms. The molecule has 0 aliphatic heterocycles. The highest BCUT2D eigenvalue weighted by atomic mass is 32.2. The van der Waals surface area contributed by atoms with Gasteiger partial charge in [0.15, 0.2) is 0 Å². The number of carbonyl (C=O) groups is 1. The first kappa shape index (κ1) is 14.6. The molecular weight excluding hydrogens is 236 g/mol. The SMILES string of the molecule is CCCNC(C)C(C)S(=O)CC(=O)NC1CC1. The van der Waals surface area contributed by atoms with Crippen LogP contribution in [0.3, 0.4) is 0 Å². The number of hydrogen-bond acceptors (Lipinski definition) is 3. The van der Waals surface area contributed by atoms with Crippen LogP contribution in [0.1, 0.15) is 40.0 Å². The van der Waals surface area contributed by atoms with E-state index in [9.17, 15) is 9.00 Å². The van der Waals surface area contributed by atoms with Crippen LogP contribution in [-0.4, -0.2) is 39.7 Å². The third kappa shape index (κ3) is 5.64. The van der Waals surface area contributed by atoms with E-state index < -0.39 is 10.8 Å². The van der Waals surface area contributed by atoms with Gasteiger partial charge >= 0.3 is 0 Å². The molecular formula is C12H24N2O2S. The standard InChI is InChI=1S/C12H24N2O2S/c1-4-7-13-9(2)10(3)17(16)8-12(15)14-11-5-6-11/h9-11,13H,4-8H2,1-3H3,(H,14,15). The Balaban J connectivity index is 2.26. The highest BCUT2D eigenvalue weighted by Gasteiger charge is 2.26. The molecule has 1 aliphatic rings. The van der Waals surface area contributed by atoms with Gasteiger partial charge in [-0.2, -0.15) is 0 Å². The van der Waals surface area contributed by atoms with Crippen molar-refractivity contribution in [1.82, 2.24) is 10.6 Å². The zero-order valence-corrected chi connectivity index (χ0v) is 11.8. The van der Waals surface area contributed by atoms with Crippen LogP contribution >= 0.6 is 0 Å². The zero-order valence-electron chi connectivity index (χ0n) is 11.0. The number of rotatable bonds is 8. The molecule has 1 fully saturated rings. The smallest absolute Gasteiger partial charge is 0.232 e. The van der Waals surface area contributed by atoms with Crippen molar-refractivity contribution in [3.05, 3.63) is 0 Å². The Morgan fingerprint density at radius 3 is 2.59 bits per heavy atom. The lowest BCUT2D eigenvalue weighted by Crippen LogP contribution is -2.41. The third-order valence-corrected chi connectivity index (χ3v) is 4.84. The summed E-state index contributed by atoms with van der Waals surface area (Å²) in [7, 11) is -1.09. The van der Waals surface area contributed by atoms with Crippen LogP contribution in [-0.2, 0) is 15.6 Å². The Labute approximate surface area is 106 Å². The molecule has 2 N–H and O–H groups in total. The molecule has 4 nitrogen and oxygen atoms in total. The van der Waals surface area contributed by atoms with E-state index in [-0.39, 0.29) is 23.0 Å². The lowest BCUT2D eigenvalue weighted by Gasteiger charge is -2.20. The van der Waals surface area contributed by atoms with Gasteiger partial charge in [0.2, 0.25) is 5.91 Å². The summed E-state index contributed by atoms with van der Waals surface area (Å²) in [6.45, 7) is 6.99. The predicted molar refractivity (Wildman–Crippen MR) is 71.4 cm³/mol. The maximum Gasteiger partial charge on any atom is 0.232 e. The molecule has 3 atom stereocenters. The Kier molecular flexibility index (Phi) is 6.12. The first-order chi connectivity index (χ1) is 8.04. The van der Waals surface area contributed by atoms with Crippen LogP contribution in [0, 0.1) is 0 Å². The van der Waals surface area contributed by atoms with Crippen molar-refractivity contribution in [2.45, 2.75) is 57.4 Å². The third-order valence-electron chi connectivity index (χ3n) is 3.05. The molecule has 5 heteroatoms. The first-order valence-electron chi connectivity index (χ1n) is 6.44. The van der Waals surface area contributed by atoms with Crippen molar-refractivity contribution >= 4 is 16.7 Å². The molecule has 1 aliphatic carbocycles. The van der Waals surface area contributed by atoms with Gasteiger partial charge in [-0.3, -0.25) is 9.00 Å². The lowest BCUT2D eigenvalue weighted by molar-refractivity contribution is -0.118. The summed E-state index contributed by atoms with van der Waals surface area (Å²) < 4.78 is 12.0. The van der Waals surface area contributed by atoms with E-state index in [0.29, 0.717) is 6.04 Å². The van der Waals surface area contributed by atoms with E-state index in [1.807, 2.05) is 13.8 Å². The molecule has 1 rings (SSSR count). The Hall–Kier alpha value is -0.420. The van der Waals surface area contributed by atoms with E-state index in [1.165, 1.54) is 0 Å². The highest BCUT2D eigenvalue weighted by molar-refractivity contribution is 7.86. The summed E-state index contributed by atoms with van der Waals surface area (Å²) in [5.41, 5.74) is 0. The van der Waals surface area contributed by atoms with Gasteiger partial charge in [-0.15, -0.1) is 0 Å². The van der Waals surface area contributed by atoms with E-state index in [4.69, 9.17) is 0 Å². The van der Waals surface area contributed by atoms with E-state index in [2.05, 4.69) is 17.6 Å². The summed E-state index contributed by atoms with van der Waals surface area (Å²) in [5, 5.41) is 6.19. The van der Waals surface area contributed by atoms with Crippen LogP contribution in [0.2, 0.25) is 0 Å². The van der Waals surface area contributed by atoms with Crippen LogP contribution in [0.4, 0.5) is 0 Å². The fourth-order valence-corrected chi connectivity index (χ4v) is 2.68. The number of hydrogen-bond donors (Lipinski definition) is 2. The Morgan fingerprint density at radius 2 is 2.06 bits per heavy atom. The highest BCUT2D eigenvalue weighted by Crippen LogP contribution is 2.18. The summed E-state index contributed by atoms with van der Waals surface area (Å²) >= 11 is 0. The van der Waals surface area contributed by atoms with Gasteiger partial charge in [-0.25, -0.2) is 0 Å². The van der Waals surface area contributed by atoms with Crippen molar-refractivity contribution < 1.29 is 9.00 Å². The molecule has 1 saturated carbocycles. The van der Waals surface area contributed by atoms with Gasteiger partial charge in [0.1, 0.15) is 5.75 Å². The van der Waals surface area contributed by atoms with Gasteiger partial charge in [0, 0.05) is 28.1 Å². The molecule has 0 saturated heterocycles. The van der Waals surface area contributed by atoms with Crippen LogP contribution < -0.4 is 10.6 Å². The quantitative estimate of drug-likeness (QED) is 0.678. The minimum atomic E-state index is -1.09. The first-order valence-corrected chi connectivity index (χ1v) is 7.82. The van der Waals surface area contributed by atoms with E-state index >= 15 is 0 Å². The van der Waals surface area contributed by atoms with Crippen LogP contribution in [0.15, 0.2) is 0 Å². The normalized spacial score (nSPS) is 20.6. The Bertz CT molecular complexity index is 280. The zero-order chi connectivity index (χ0) is 12.8. The molecule has 3 unspecified atom stereocenters. The number of nitrogens with one attached hydrogen (secondary N) is 2. The van der Waals surface area contributed by atoms with Gasteiger partial charge in [0.05, 0.1) is 0 Å². The molecule has 0 bridgehead atoms. The minimum absolute atomic E-state index is 0.00602. The molecule has 0 heterocycles. The topological polar surface area (TPSA) is 58.2 Å². The number of amides is 1. The average Bonchev–Trinajstić information content (AvgIpc) is 3.08. The molecule has 0 aromatic carbocycles. The van der Waals surface area contributed by atoms with Gasteiger partial charge in [0.25, 0.3) is 0 Å². The summed E-state index contributed by atoms with van der Waals surface area (Å²) in [6.07, 6.45) is 3.20. The van der Waals surface area contributed by atoms with Crippen molar-refractivity contribution in [2.24, 2.45) is 0 Å². The fraction of sp³-hybridized carbons (Fsp3) is 0.917. The molecule has 0 aromatic heterocycles. The summed E-state index contributed by atoms with van der Waals surface area (Å²) in [6, 6.07) is 0.537. The van der Waals surface area contributed by atoms with Crippen molar-refractivity contribution in [2.75, 3.05) is 12.3 Å². The average molecular weight is 260 g/mol. The van der Waals surface area contributed by atoms with E-state index in [0.717, 1.165) is 25.8 Å². The largest absolute Gasteiger partial charge is 0.353 e. The van der Waals surface area contributed by atoms with Gasteiger partial charge < -0.3 is 10.6 Å². The lowest BCUT2D eigenvalue weighted by atomic mass is 10.2. The van der Waals surface area contributed by atoms with E-state index in [1.54, 1.807) is 0 Å². The van der Waals surface area contributed by atoms with Crippen LogP contribution in [0.5, 0.6) is 0 Å². The molecule has 1 amide bonds. The van der Waals surface area contributed by atoms with Gasteiger partial charge in [-0.1, -0.05) is 6.92 Å². The van der Waals surface area contributed by atoms with Gasteiger partial charge in [-0.05, 0) is 39.7 Å². The second-order valence-electron chi connectivity index (χ2n) is 4.81. The second kappa shape index (κ2) is 7.11. The Morgan fingerprint density at radius 1 is 1.41 bits per heavy atom. The van der Waals surface area contributed by atoms with Crippen molar-refractivity contribution in [3.8, 4) is 0 Å². The molecule has 0 radical (unpaired) electrons. The van der Waals surface area contributed by atoms with Crippen molar-refractivity contribution in [1.29, 1.82) is 0 Å². The van der Waals surface area contributed by atoms with Crippen LogP contribution in [0.25, 0.3) is 0 Å². The maximum absolute atomic E-state index is 12.0. The fourth-order valence-electron chi connectivity index (χ4n) is 1.52. The minimum Gasteiger partial charge on any atom is -0.353 e. The molecule has 100 valence electrons. The summed E-state index contributed by atoms with van der Waals surface area (Å²) in [5.74, 6) is 0.0656. The predicted octanol–water partition coefficient (Wildman–Crippen LogP) is 0.790.